The molecule has 0 aromatic heterocycles. The van der Waals surface area contributed by atoms with E-state index < -0.39 is 0 Å². The standard InChI is InChI=1S/C15H20N2O2S/c1-10-6-5-7-12(8-10)15-17(9-13(18)16(3)4)14(19)11(2)20-15/h5-8,11,15H,9H2,1-4H3/t11-,15-/m1/s1. The number of hydrogen-bond acceptors (Lipinski definition) is 3. The third-order valence-electron chi connectivity index (χ3n) is 3.38. The van der Waals surface area contributed by atoms with Crippen LogP contribution in [0.15, 0.2) is 24.3 Å². The van der Waals surface area contributed by atoms with Crippen LogP contribution in [0.25, 0.3) is 0 Å². The Bertz CT molecular complexity index is 530. The SMILES string of the molecule is Cc1cccc([C@H]2S[C@H](C)C(=O)N2CC(=O)N(C)C)c1. The molecule has 108 valence electrons. The Hall–Kier alpha value is -1.49. The molecule has 0 saturated carbocycles. The first kappa shape index (κ1) is 14.9. The molecule has 1 saturated heterocycles. The van der Waals surface area contributed by atoms with E-state index in [0.717, 1.165) is 11.1 Å². The summed E-state index contributed by atoms with van der Waals surface area (Å²) in [6.07, 6.45) is 0. The molecular formula is C15H20N2O2S. The van der Waals surface area contributed by atoms with Crippen molar-refractivity contribution in [3.8, 4) is 0 Å². The van der Waals surface area contributed by atoms with Crippen molar-refractivity contribution in [2.45, 2.75) is 24.5 Å². The van der Waals surface area contributed by atoms with E-state index in [1.54, 1.807) is 30.8 Å². The maximum Gasteiger partial charge on any atom is 0.241 e. The Kier molecular flexibility index (Phi) is 4.38. The van der Waals surface area contributed by atoms with Crippen molar-refractivity contribution in [3.05, 3.63) is 35.4 Å². The zero-order chi connectivity index (χ0) is 14.9. The average Bonchev–Trinajstić information content (AvgIpc) is 2.67. The fourth-order valence-electron chi connectivity index (χ4n) is 2.20. The smallest absolute Gasteiger partial charge is 0.241 e. The average molecular weight is 292 g/mol. The Morgan fingerprint density at radius 3 is 2.70 bits per heavy atom. The monoisotopic (exact) mass is 292 g/mol. The molecule has 1 aliphatic heterocycles. The summed E-state index contributed by atoms with van der Waals surface area (Å²) in [6.45, 7) is 4.07. The molecule has 2 rings (SSSR count). The first-order chi connectivity index (χ1) is 9.40. The van der Waals surface area contributed by atoms with Crippen molar-refractivity contribution in [1.29, 1.82) is 0 Å². The molecule has 0 radical (unpaired) electrons. The van der Waals surface area contributed by atoms with Gasteiger partial charge in [-0.05, 0) is 19.4 Å². The molecule has 2 amide bonds. The summed E-state index contributed by atoms with van der Waals surface area (Å²) in [5, 5.41) is -0.170. The summed E-state index contributed by atoms with van der Waals surface area (Å²) in [4.78, 5) is 27.4. The van der Waals surface area contributed by atoms with Crippen LogP contribution in [0.1, 0.15) is 23.4 Å². The van der Waals surface area contributed by atoms with E-state index >= 15 is 0 Å². The lowest BCUT2D eigenvalue weighted by atomic mass is 10.1. The second-order valence-corrected chi connectivity index (χ2v) is 6.72. The van der Waals surface area contributed by atoms with Crippen molar-refractivity contribution in [2.24, 2.45) is 0 Å². The Labute approximate surface area is 124 Å². The van der Waals surface area contributed by atoms with Crippen LogP contribution in [0.4, 0.5) is 0 Å². The van der Waals surface area contributed by atoms with Crippen molar-refractivity contribution in [3.63, 3.8) is 0 Å². The number of benzene rings is 1. The lowest BCUT2D eigenvalue weighted by Gasteiger charge is -2.25. The molecule has 20 heavy (non-hydrogen) atoms. The quantitative estimate of drug-likeness (QED) is 0.856. The van der Waals surface area contributed by atoms with Crippen LogP contribution in [0.3, 0.4) is 0 Å². The van der Waals surface area contributed by atoms with Gasteiger partial charge in [-0.15, -0.1) is 11.8 Å². The van der Waals surface area contributed by atoms with E-state index in [1.807, 2.05) is 32.0 Å². The molecule has 1 aliphatic rings. The summed E-state index contributed by atoms with van der Waals surface area (Å²) in [5.41, 5.74) is 2.24. The highest BCUT2D eigenvalue weighted by Gasteiger charge is 2.39. The molecule has 1 heterocycles. The van der Waals surface area contributed by atoms with Crippen LogP contribution < -0.4 is 0 Å². The van der Waals surface area contributed by atoms with Crippen LogP contribution >= 0.6 is 11.8 Å². The van der Waals surface area contributed by atoms with Gasteiger partial charge in [-0.3, -0.25) is 9.59 Å². The van der Waals surface area contributed by atoms with Gasteiger partial charge < -0.3 is 9.80 Å². The Morgan fingerprint density at radius 2 is 2.10 bits per heavy atom. The number of carbonyl (C=O) groups excluding carboxylic acids is 2. The van der Waals surface area contributed by atoms with Crippen molar-refractivity contribution in [1.82, 2.24) is 9.80 Å². The summed E-state index contributed by atoms with van der Waals surface area (Å²) in [6, 6.07) is 8.12. The normalized spacial score (nSPS) is 22.2. The minimum Gasteiger partial charge on any atom is -0.347 e. The fourth-order valence-corrected chi connectivity index (χ4v) is 3.47. The van der Waals surface area contributed by atoms with Crippen molar-refractivity contribution < 1.29 is 9.59 Å². The van der Waals surface area contributed by atoms with Gasteiger partial charge in [0, 0.05) is 14.1 Å². The van der Waals surface area contributed by atoms with Gasteiger partial charge in [-0.2, -0.15) is 0 Å². The maximum absolute atomic E-state index is 12.3. The molecule has 0 aliphatic carbocycles. The highest BCUT2D eigenvalue weighted by molar-refractivity contribution is 8.01. The van der Waals surface area contributed by atoms with E-state index in [-0.39, 0.29) is 29.0 Å². The molecule has 5 heteroatoms. The number of aryl methyl sites for hydroxylation is 1. The van der Waals surface area contributed by atoms with E-state index in [1.165, 1.54) is 4.90 Å². The highest BCUT2D eigenvalue weighted by atomic mass is 32.2. The van der Waals surface area contributed by atoms with Crippen LogP contribution in [0, 0.1) is 6.92 Å². The van der Waals surface area contributed by atoms with Crippen LogP contribution in [-0.2, 0) is 9.59 Å². The van der Waals surface area contributed by atoms with Crippen molar-refractivity contribution >= 4 is 23.6 Å². The molecule has 0 bridgehead atoms. The van der Waals surface area contributed by atoms with E-state index in [4.69, 9.17) is 0 Å². The summed E-state index contributed by atoms with van der Waals surface area (Å²) in [5.74, 6) is -0.0117. The molecule has 0 spiro atoms. The number of rotatable bonds is 3. The van der Waals surface area contributed by atoms with Gasteiger partial charge in [0.15, 0.2) is 0 Å². The molecule has 2 atom stereocenters. The van der Waals surface area contributed by atoms with Gasteiger partial charge >= 0.3 is 0 Å². The third-order valence-corrected chi connectivity index (χ3v) is 4.77. The number of carbonyl (C=O) groups is 2. The molecule has 1 aromatic carbocycles. The zero-order valence-corrected chi connectivity index (χ0v) is 13.1. The van der Waals surface area contributed by atoms with Crippen LogP contribution in [-0.4, -0.2) is 47.5 Å². The fraction of sp³-hybridized carbons (Fsp3) is 0.467. The second kappa shape index (κ2) is 5.87. The van der Waals surface area contributed by atoms with Crippen LogP contribution in [0.5, 0.6) is 0 Å². The third kappa shape index (κ3) is 2.98. The highest BCUT2D eigenvalue weighted by Crippen LogP contribution is 2.42. The zero-order valence-electron chi connectivity index (χ0n) is 12.3. The predicted octanol–water partition coefficient (Wildman–Crippen LogP) is 2.05. The summed E-state index contributed by atoms with van der Waals surface area (Å²) in [7, 11) is 3.42. The maximum atomic E-state index is 12.3. The minimum absolute atomic E-state index is 0.0386. The number of thioether (sulfide) groups is 1. The van der Waals surface area contributed by atoms with Gasteiger partial charge in [0.2, 0.25) is 11.8 Å². The van der Waals surface area contributed by atoms with Gasteiger partial charge in [0.25, 0.3) is 0 Å². The molecule has 1 fully saturated rings. The first-order valence-corrected chi connectivity index (χ1v) is 7.57. The molecule has 4 nitrogen and oxygen atoms in total. The van der Waals surface area contributed by atoms with Crippen molar-refractivity contribution in [2.75, 3.05) is 20.6 Å². The van der Waals surface area contributed by atoms with Gasteiger partial charge in [0.1, 0.15) is 11.9 Å². The molecule has 0 unspecified atom stereocenters. The summed E-state index contributed by atoms with van der Waals surface area (Å²) < 4.78 is 0. The Morgan fingerprint density at radius 1 is 1.40 bits per heavy atom. The lowest BCUT2D eigenvalue weighted by molar-refractivity contribution is -0.138. The minimum atomic E-state index is -0.101. The first-order valence-electron chi connectivity index (χ1n) is 6.63. The Balaban J connectivity index is 2.26. The van der Waals surface area contributed by atoms with E-state index in [9.17, 15) is 9.59 Å². The van der Waals surface area contributed by atoms with E-state index in [0.29, 0.717) is 0 Å². The molecule has 1 aromatic rings. The number of nitrogens with zero attached hydrogens (tertiary/aromatic N) is 2. The number of amides is 2. The number of likely N-dealkylation sites (N-methyl/N-ethyl adjacent to an activating group) is 1. The van der Waals surface area contributed by atoms with Gasteiger partial charge in [0.05, 0.1) is 5.25 Å². The van der Waals surface area contributed by atoms with E-state index in [2.05, 4.69) is 6.07 Å². The molecule has 0 N–H and O–H groups in total. The largest absolute Gasteiger partial charge is 0.347 e. The molecular weight excluding hydrogens is 272 g/mol. The van der Waals surface area contributed by atoms with Gasteiger partial charge in [-0.1, -0.05) is 29.8 Å². The topological polar surface area (TPSA) is 40.6 Å². The van der Waals surface area contributed by atoms with Gasteiger partial charge in [-0.25, -0.2) is 0 Å². The second-order valence-electron chi connectivity index (χ2n) is 5.30. The predicted molar refractivity (Wildman–Crippen MR) is 81.4 cm³/mol. The lowest BCUT2D eigenvalue weighted by Crippen LogP contribution is -2.39. The number of hydrogen-bond donors (Lipinski definition) is 0. The summed E-state index contributed by atoms with van der Waals surface area (Å²) >= 11 is 1.60. The van der Waals surface area contributed by atoms with Crippen LogP contribution in [0.2, 0.25) is 0 Å².